The molecule has 0 aliphatic heterocycles. The van der Waals surface area contributed by atoms with Gasteiger partial charge in [0.1, 0.15) is 12.7 Å². The summed E-state index contributed by atoms with van der Waals surface area (Å²) in [5.41, 5.74) is 0. The molecule has 19 heavy (non-hydrogen) atoms. The van der Waals surface area contributed by atoms with Gasteiger partial charge in [-0.15, -0.1) is 0 Å². The Hall–Kier alpha value is -2.64. The van der Waals surface area contributed by atoms with E-state index in [0.29, 0.717) is 6.42 Å². The Morgan fingerprint density at radius 3 is 1.74 bits per heavy atom. The van der Waals surface area contributed by atoms with Gasteiger partial charge in [-0.25, -0.2) is 19.6 Å². The van der Waals surface area contributed by atoms with Crippen molar-refractivity contribution in [3.63, 3.8) is 0 Å². The third kappa shape index (κ3) is 4.26. The standard InChI is InChI=1S/C11H12N4O4/c16-10(18-14-6-4-12-8-14)2-1-3-11(17)19-15-7-5-13-9-15/h4-9H,1-3H2. The first-order chi connectivity index (χ1) is 9.24. The summed E-state index contributed by atoms with van der Waals surface area (Å²) >= 11 is 0. The van der Waals surface area contributed by atoms with Gasteiger partial charge in [0, 0.05) is 25.2 Å². The van der Waals surface area contributed by atoms with Crippen LogP contribution in [0.1, 0.15) is 19.3 Å². The molecule has 0 amide bonds. The highest BCUT2D eigenvalue weighted by atomic mass is 16.7. The van der Waals surface area contributed by atoms with Crippen LogP contribution in [0.3, 0.4) is 0 Å². The predicted molar refractivity (Wildman–Crippen MR) is 61.5 cm³/mol. The van der Waals surface area contributed by atoms with Crippen molar-refractivity contribution in [2.24, 2.45) is 0 Å². The van der Waals surface area contributed by atoms with Gasteiger partial charge in [-0.3, -0.25) is 0 Å². The van der Waals surface area contributed by atoms with Gasteiger partial charge in [0.05, 0.1) is 12.4 Å². The number of imidazole rings is 2. The number of hydrogen-bond acceptors (Lipinski definition) is 6. The van der Waals surface area contributed by atoms with Crippen LogP contribution in [-0.4, -0.2) is 31.4 Å². The topological polar surface area (TPSA) is 88.2 Å². The molecule has 0 aliphatic rings. The number of rotatable bonds is 6. The summed E-state index contributed by atoms with van der Waals surface area (Å²) in [6.45, 7) is 0. The average molecular weight is 264 g/mol. The van der Waals surface area contributed by atoms with E-state index in [9.17, 15) is 9.59 Å². The first-order valence-corrected chi connectivity index (χ1v) is 5.62. The second kappa shape index (κ2) is 6.34. The quantitative estimate of drug-likeness (QED) is 0.721. The van der Waals surface area contributed by atoms with E-state index in [1.54, 1.807) is 0 Å². The number of aromatic nitrogens is 4. The van der Waals surface area contributed by atoms with Gasteiger partial charge in [-0.2, -0.15) is 9.46 Å². The van der Waals surface area contributed by atoms with Gasteiger partial charge in [-0.1, -0.05) is 0 Å². The zero-order valence-corrected chi connectivity index (χ0v) is 10.0. The van der Waals surface area contributed by atoms with Crippen molar-refractivity contribution in [3.8, 4) is 0 Å². The number of nitrogens with zero attached hydrogens (tertiary/aromatic N) is 4. The lowest BCUT2D eigenvalue weighted by atomic mass is 10.2. The summed E-state index contributed by atoms with van der Waals surface area (Å²) in [5, 5.41) is 0. The van der Waals surface area contributed by atoms with E-state index in [0.717, 1.165) is 0 Å². The second-order valence-corrected chi connectivity index (χ2v) is 3.63. The first-order valence-electron chi connectivity index (χ1n) is 5.62. The van der Waals surface area contributed by atoms with E-state index in [2.05, 4.69) is 9.97 Å². The molecule has 0 spiro atoms. The van der Waals surface area contributed by atoms with Gasteiger partial charge in [-0.05, 0) is 6.42 Å². The van der Waals surface area contributed by atoms with Crippen molar-refractivity contribution in [2.75, 3.05) is 0 Å². The summed E-state index contributed by atoms with van der Waals surface area (Å²) in [5.74, 6) is -0.873. The molecule has 0 saturated carbocycles. The van der Waals surface area contributed by atoms with Crippen LogP contribution >= 0.6 is 0 Å². The molecule has 0 saturated heterocycles. The lowest BCUT2D eigenvalue weighted by molar-refractivity contribution is -0.146. The van der Waals surface area contributed by atoms with Gasteiger partial charge in [0.2, 0.25) is 0 Å². The summed E-state index contributed by atoms with van der Waals surface area (Å²) in [6, 6.07) is 0. The maximum Gasteiger partial charge on any atom is 0.332 e. The fraction of sp³-hybridized carbons (Fsp3) is 0.273. The van der Waals surface area contributed by atoms with E-state index < -0.39 is 11.9 Å². The minimum absolute atomic E-state index is 0.122. The fourth-order valence-corrected chi connectivity index (χ4v) is 1.31. The SMILES string of the molecule is O=C(CCCC(=O)On1ccnc1)On1ccnc1. The van der Waals surface area contributed by atoms with Gasteiger partial charge >= 0.3 is 11.9 Å². The molecule has 0 fully saturated rings. The summed E-state index contributed by atoms with van der Waals surface area (Å²) < 4.78 is 2.40. The van der Waals surface area contributed by atoms with Crippen LogP contribution in [0.15, 0.2) is 37.4 Å². The zero-order valence-electron chi connectivity index (χ0n) is 10.0. The third-order valence-corrected chi connectivity index (χ3v) is 2.14. The molecule has 2 aromatic heterocycles. The molecule has 8 nitrogen and oxygen atoms in total. The van der Waals surface area contributed by atoms with Crippen LogP contribution in [0.4, 0.5) is 0 Å². The van der Waals surface area contributed by atoms with Crippen LogP contribution in [-0.2, 0) is 9.59 Å². The molecule has 0 unspecified atom stereocenters. The largest absolute Gasteiger partial charge is 0.336 e. The van der Waals surface area contributed by atoms with E-state index in [1.807, 2.05) is 0 Å². The molecule has 0 atom stereocenters. The Morgan fingerprint density at radius 1 is 0.895 bits per heavy atom. The maximum absolute atomic E-state index is 11.4. The third-order valence-electron chi connectivity index (χ3n) is 2.14. The summed E-state index contributed by atoms with van der Waals surface area (Å²) in [7, 11) is 0. The van der Waals surface area contributed by atoms with Crippen LogP contribution in [0, 0.1) is 0 Å². The number of hydrogen-bond donors (Lipinski definition) is 0. The normalized spacial score (nSPS) is 10.1. The molecular formula is C11H12N4O4. The van der Waals surface area contributed by atoms with Crippen LogP contribution in [0.25, 0.3) is 0 Å². The van der Waals surface area contributed by atoms with Crippen molar-refractivity contribution < 1.29 is 19.3 Å². The van der Waals surface area contributed by atoms with Crippen molar-refractivity contribution in [1.29, 1.82) is 0 Å². The van der Waals surface area contributed by atoms with E-state index in [1.165, 1.54) is 46.9 Å². The second-order valence-electron chi connectivity index (χ2n) is 3.63. The molecule has 0 aromatic carbocycles. The molecule has 2 heterocycles. The van der Waals surface area contributed by atoms with Gasteiger partial charge in [0.15, 0.2) is 0 Å². The van der Waals surface area contributed by atoms with E-state index in [-0.39, 0.29) is 12.8 Å². The fourth-order valence-electron chi connectivity index (χ4n) is 1.31. The lowest BCUT2D eigenvalue weighted by Crippen LogP contribution is -2.20. The maximum atomic E-state index is 11.4. The van der Waals surface area contributed by atoms with E-state index >= 15 is 0 Å². The predicted octanol–water partition coefficient (Wildman–Crippen LogP) is -0.140. The number of carbonyl (C=O) groups is 2. The Kier molecular flexibility index (Phi) is 4.27. The van der Waals surface area contributed by atoms with Crippen LogP contribution < -0.4 is 9.68 Å². The molecular weight excluding hydrogens is 252 g/mol. The molecule has 100 valence electrons. The molecule has 8 heteroatoms. The summed E-state index contributed by atoms with van der Waals surface area (Å²) in [4.78, 5) is 40.0. The summed E-state index contributed by atoms with van der Waals surface area (Å²) in [6.07, 6.45) is 9.33. The highest BCUT2D eigenvalue weighted by Gasteiger charge is 2.09. The molecule has 0 aliphatic carbocycles. The zero-order chi connectivity index (χ0) is 13.5. The van der Waals surface area contributed by atoms with Crippen LogP contribution in [0.5, 0.6) is 0 Å². The minimum Gasteiger partial charge on any atom is -0.336 e. The van der Waals surface area contributed by atoms with Crippen molar-refractivity contribution >= 4 is 11.9 Å². The lowest BCUT2D eigenvalue weighted by Gasteiger charge is -2.04. The number of carbonyl (C=O) groups excluding carboxylic acids is 2. The van der Waals surface area contributed by atoms with E-state index in [4.69, 9.17) is 9.68 Å². The Bertz CT molecular complexity index is 473. The minimum atomic E-state index is -0.437. The molecule has 0 N–H and O–H groups in total. The van der Waals surface area contributed by atoms with Crippen molar-refractivity contribution in [3.05, 3.63) is 37.4 Å². The average Bonchev–Trinajstić information content (AvgIpc) is 3.02. The Balaban J connectivity index is 1.63. The Labute approximate surface area is 108 Å². The molecule has 2 rings (SSSR count). The molecule has 0 radical (unpaired) electrons. The van der Waals surface area contributed by atoms with Gasteiger partial charge in [0.25, 0.3) is 0 Å². The van der Waals surface area contributed by atoms with Crippen LogP contribution in [0.2, 0.25) is 0 Å². The highest BCUT2D eigenvalue weighted by Crippen LogP contribution is 1.98. The molecule has 0 bridgehead atoms. The van der Waals surface area contributed by atoms with Gasteiger partial charge < -0.3 is 9.68 Å². The molecule has 2 aromatic rings. The van der Waals surface area contributed by atoms with Crippen molar-refractivity contribution in [1.82, 2.24) is 19.4 Å². The van der Waals surface area contributed by atoms with Crippen molar-refractivity contribution in [2.45, 2.75) is 19.3 Å². The monoisotopic (exact) mass is 264 g/mol. The smallest absolute Gasteiger partial charge is 0.332 e. The highest BCUT2D eigenvalue weighted by molar-refractivity contribution is 5.72. The first kappa shape index (κ1) is 12.8. The Morgan fingerprint density at radius 2 is 1.37 bits per heavy atom.